The average molecular weight is 434 g/mol. The third-order valence-electron chi connectivity index (χ3n) is 4.31. The van der Waals surface area contributed by atoms with Gasteiger partial charge in [-0.2, -0.15) is 9.29 Å². The van der Waals surface area contributed by atoms with Crippen LogP contribution in [0, 0.1) is 0 Å². The van der Waals surface area contributed by atoms with Gasteiger partial charge >= 0.3 is 0 Å². The zero-order valence-electron chi connectivity index (χ0n) is 15.3. The maximum absolute atomic E-state index is 12.8. The van der Waals surface area contributed by atoms with E-state index in [0.717, 1.165) is 4.88 Å². The van der Waals surface area contributed by atoms with Gasteiger partial charge in [-0.25, -0.2) is 8.42 Å². The number of morpholine rings is 1. The van der Waals surface area contributed by atoms with Crippen LogP contribution < -0.4 is 5.32 Å². The molecule has 0 unspecified atom stereocenters. The van der Waals surface area contributed by atoms with E-state index in [-0.39, 0.29) is 22.9 Å². The number of ether oxygens (including phenoxy) is 1. The Kier molecular flexibility index (Phi) is 5.72. The second-order valence-electron chi connectivity index (χ2n) is 6.22. The summed E-state index contributed by atoms with van der Waals surface area (Å²) in [5, 5.41) is 8.47. The van der Waals surface area contributed by atoms with Crippen molar-refractivity contribution in [3.05, 3.63) is 53.2 Å². The highest BCUT2D eigenvalue weighted by Crippen LogP contribution is 2.21. The van der Waals surface area contributed by atoms with E-state index in [0.29, 0.717) is 32.1 Å². The van der Waals surface area contributed by atoms with Gasteiger partial charge in [-0.15, -0.1) is 11.3 Å². The van der Waals surface area contributed by atoms with Crippen molar-refractivity contribution < 1.29 is 22.5 Å². The maximum Gasteiger partial charge on any atom is 0.251 e. The average Bonchev–Trinajstić information content (AvgIpc) is 3.44. The Hall–Kier alpha value is -2.60. The highest BCUT2D eigenvalue weighted by atomic mass is 32.2. The molecule has 0 radical (unpaired) electrons. The Labute approximate surface area is 171 Å². The summed E-state index contributed by atoms with van der Waals surface area (Å²) in [7, 11) is -3.67. The molecule has 1 aliphatic heterocycles. The number of benzene rings is 1. The van der Waals surface area contributed by atoms with E-state index in [1.54, 1.807) is 12.1 Å². The largest absolute Gasteiger partial charge is 0.379 e. The Bertz CT molecular complexity index is 1090. The van der Waals surface area contributed by atoms with Gasteiger partial charge in [0.05, 0.1) is 29.5 Å². The Morgan fingerprint density at radius 3 is 2.79 bits per heavy atom. The number of hydrogen-bond acceptors (Lipinski definition) is 8. The standard InChI is InChI=1S/C18H18N4O5S2/c23-18(19-12-16-20-17(21-27-16)15-5-2-10-28-15)13-3-1-4-14(11-13)29(24,25)22-6-8-26-9-7-22/h1-5,10-11H,6-9,12H2,(H,19,23). The summed E-state index contributed by atoms with van der Waals surface area (Å²) in [4.78, 5) is 17.7. The minimum absolute atomic E-state index is 0.0393. The second kappa shape index (κ2) is 8.41. The number of amides is 1. The van der Waals surface area contributed by atoms with Crippen LogP contribution in [-0.4, -0.2) is 55.1 Å². The van der Waals surface area contributed by atoms with Gasteiger partial charge in [-0.3, -0.25) is 4.79 Å². The number of rotatable bonds is 6. The molecule has 0 aliphatic carbocycles. The minimum atomic E-state index is -3.67. The van der Waals surface area contributed by atoms with E-state index in [1.807, 2.05) is 17.5 Å². The summed E-state index contributed by atoms with van der Waals surface area (Å²) in [5.74, 6) is 0.293. The number of carbonyl (C=O) groups excluding carboxylic acids is 1. The molecular formula is C18H18N4O5S2. The van der Waals surface area contributed by atoms with Gasteiger partial charge in [0.15, 0.2) is 0 Å². The van der Waals surface area contributed by atoms with Gasteiger partial charge < -0.3 is 14.6 Å². The fourth-order valence-corrected chi connectivity index (χ4v) is 4.93. The van der Waals surface area contributed by atoms with E-state index >= 15 is 0 Å². The Morgan fingerprint density at radius 2 is 2.03 bits per heavy atom. The quantitative estimate of drug-likeness (QED) is 0.628. The number of nitrogens with zero attached hydrogens (tertiary/aromatic N) is 3. The molecule has 29 heavy (non-hydrogen) atoms. The number of aromatic nitrogens is 2. The summed E-state index contributed by atoms with van der Waals surface area (Å²) >= 11 is 1.49. The zero-order chi connectivity index (χ0) is 20.3. The van der Waals surface area contributed by atoms with Crippen molar-refractivity contribution in [3.8, 4) is 10.7 Å². The Balaban J connectivity index is 1.43. The van der Waals surface area contributed by atoms with E-state index < -0.39 is 15.9 Å². The van der Waals surface area contributed by atoms with Crippen molar-refractivity contribution in [1.82, 2.24) is 19.8 Å². The van der Waals surface area contributed by atoms with E-state index in [2.05, 4.69) is 15.5 Å². The van der Waals surface area contributed by atoms with Gasteiger partial charge in [-0.05, 0) is 29.6 Å². The molecule has 0 atom stereocenters. The second-order valence-corrected chi connectivity index (χ2v) is 9.10. The van der Waals surface area contributed by atoms with Crippen molar-refractivity contribution in [1.29, 1.82) is 0 Å². The zero-order valence-corrected chi connectivity index (χ0v) is 16.9. The first-order valence-electron chi connectivity index (χ1n) is 8.87. The number of thiophene rings is 1. The predicted octanol–water partition coefficient (Wildman–Crippen LogP) is 1.75. The van der Waals surface area contributed by atoms with Crippen molar-refractivity contribution in [2.45, 2.75) is 11.4 Å². The normalized spacial score (nSPS) is 15.3. The lowest BCUT2D eigenvalue weighted by atomic mass is 10.2. The summed E-state index contributed by atoms with van der Waals surface area (Å²) in [6.07, 6.45) is 0. The molecule has 11 heteroatoms. The maximum atomic E-state index is 12.8. The molecule has 152 valence electrons. The molecule has 1 aliphatic rings. The van der Waals surface area contributed by atoms with Crippen molar-refractivity contribution in [2.24, 2.45) is 0 Å². The summed E-state index contributed by atoms with van der Waals surface area (Å²) in [6, 6.07) is 9.70. The van der Waals surface area contributed by atoms with E-state index in [9.17, 15) is 13.2 Å². The van der Waals surface area contributed by atoms with Gasteiger partial charge in [0.2, 0.25) is 21.7 Å². The molecule has 1 aromatic carbocycles. The van der Waals surface area contributed by atoms with Gasteiger partial charge in [-0.1, -0.05) is 17.3 Å². The van der Waals surface area contributed by atoms with Gasteiger partial charge in [0.25, 0.3) is 5.91 Å². The molecule has 2 aromatic heterocycles. The van der Waals surface area contributed by atoms with Crippen molar-refractivity contribution in [2.75, 3.05) is 26.3 Å². The molecule has 3 aromatic rings. The van der Waals surface area contributed by atoms with Crippen LogP contribution in [0.3, 0.4) is 0 Å². The predicted molar refractivity (Wildman–Crippen MR) is 105 cm³/mol. The van der Waals surface area contributed by atoms with Gasteiger partial charge in [0.1, 0.15) is 0 Å². The van der Waals surface area contributed by atoms with Crippen LogP contribution in [0.25, 0.3) is 10.7 Å². The Morgan fingerprint density at radius 1 is 1.21 bits per heavy atom. The van der Waals surface area contributed by atoms with Crippen molar-refractivity contribution >= 4 is 27.3 Å². The monoisotopic (exact) mass is 434 g/mol. The molecule has 9 nitrogen and oxygen atoms in total. The highest BCUT2D eigenvalue weighted by molar-refractivity contribution is 7.89. The molecule has 4 rings (SSSR count). The third kappa shape index (κ3) is 4.37. The molecule has 3 heterocycles. The first kappa shape index (κ1) is 19.7. The number of carbonyl (C=O) groups is 1. The lowest BCUT2D eigenvalue weighted by Gasteiger charge is -2.26. The summed E-state index contributed by atoms with van der Waals surface area (Å²) in [6.45, 7) is 1.34. The molecule has 1 amide bonds. The molecular weight excluding hydrogens is 416 g/mol. The minimum Gasteiger partial charge on any atom is -0.379 e. The first-order chi connectivity index (χ1) is 14.0. The molecule has 1 saturated heterocycles. The van der Waals surface area contributed by atoms with Crippen LogP contribution in [0.4, 0.5) is 0 Å². The summed E-state index contributed by atoms with van der Waals surface area (Å²) < 4.78 is 37.2. The fraction of sp³-hybridized carbons (Fsp3) is 0.278. The molecule has 1 fully saturated rings. The molecule has 0 spiro atoms. The van der Waals surface area contributed by atoms with Crippen LogP contribution in [0.1, 0.15) is 16.2 Å². The summed E-state index contributed by atoms with van der Waals surface area (Å²) in [5.41, 5.74) is 0.234. The molecule has 1 N–H and O–H groups in total. The lowest BCUT2D eigenvalue weighted by Crippen LogP contribution is -2.40. The first-order valence-corrected chi connectivity index (χ1v) is 11.2. The van der Waals surface area contributed by atoms with Crippen LogP contribution >= 0.6 is 11.3 Å². The van der Waals surface area contributed by atoms with E-state index in [1.165, 1.54) is 27.8 Å². The SMILES string of the molecule is O=C(NCc1nc(-c2cccs2)no1)c1cccc(S(=O)(=O)N2CCOCC2)c1. The van der Waals surface area contributed by atoms with E-state index in [4.69, 9.17) is 9.26 Å². The van der Waals surface area contributed by atoms with Crippen molar-refractivity contribution in [3.63, 3.8) is 0 Å². The van der Waals surface area contributed by atoms with Crippen LogP contribution in [-0.2, 0) is 21.3 Å². The molecule has 0 bridgehead atoms. The lowest BCUT2D eigenvalue weighted by molar-refractivity contribution is 0.0730. The highest BCUT2D eigenvalue weighted by Gasteiger charge is 2.26. The van der Waals surface area contributed by atoms with Crippen LogP contribution in [0.15, 0.2) is 51.2 Å². The van der Waals surface area contributed by atoms with Crippen LogP contribution in [0.2, 0.25) is 0 Å². The smallest absolute Gasteiger partial charge is 0.251 e. The van der Waals surface area contributed by atoms with Gasteiger partial charge in [0, 0.05) is 18.7 Å². The number of hydrogen-bond donors (Lipinski definition) is 1. The number of nitrogens with one attached hydrogen (secondary N) is 1. The van der Waals surface area contributed by atoms with Crippen LogP contribution in [0.5, 0.6) is 0 Å². The topological polar surface area (TPSA) is 115 Å². The fourth-order valence-electron chi connectivity index (χ4n) is 2.82. The number of sulfonamides is 1. The third-order valence-corrected chi connectivity index (χ3v) is 7.07. The molecule has 0 saturated carbocycles.